The van der Waals surface area contributed by atoms with Gasteiger partial charge >= 0.3 is 19.8 Å². The number of rotatable bonds is 49. The topological polar surface area (TPSA) is 169 Å². The minimum atomic E-state index is -4.77. The van der Waals surface area contributed by atoms with Crippen LogP contribution < -0.4 is 5.32 Å². The molecule has 0 aliphatic carbocycles. The van der Waals surface area contributed by atoms with E-state index < -0.39 is 57.6 Å². The lowest BCUT2D eigenvalue weighted by Gasteiger charge is -2.18. The molecular formula is C56H96NO10P. The fourth-order valence-electron chi connectivity index (χ4n) is 7.08. The normalized spacial score (nSPS) is 14.2. The number of aliphatic hydroxyl groups is 1. The summed E-state index contributed by atoms with van der Waals surface area (Å²) >= 11 is 0. The maximum atomic E-state index is 12.4. The molecule has 12 heteroatoms. The minimum absolute atomic E-state index is 0.139. The number of esters is 1. The molecule has 0 aromatic heterocycles. The van der Waals surface area contributed by atoms with Crippen molar-refractivity contribution in [1.29, 1.82) is 0 Å². The lowest BCUT2D eigenvalue weighted by molar-refractivity contribution is -0.147. The first-order chi connectivity index (χ1) is 33.1. The van der Waals surface area contributed by atoms with Crippen LogP contribution in [0.4, 0.5) is 0 Å². The van der Waals surface area contributed by atoms with Crippen LogP contribution in [0.5, 0.6) is 0 Å². The molecule has 0 saturated heterocycles. The number of allylic oxidation sites excluding steroid dienone is 14. The first-order valence-electron chi connectivity index (χ1n) is 26.6. The van der Waals surface area contributed by atoms with Crippen LogP contribution >= 0.6 is 7.82 Å². The number of aliphatic hydroxyl groups excluding tert-OH is 1. The molecule has 0 aliphatic heterocycles. The van der Waals surface area contributed by atoms with Crippen molar-refractivity contribution in [1.82, 2.24) is 5.32 Å². The molecule has 3 unspecified atom stereocenters. The second-order valence-corrected chi connectivity index (χ2v) is 19.1. The maximum absolute atomic E-state index is 12.4. The molecule has 0 radical (unpaired) electrons. The van der Waals surface area contributed by atoms with Crippen LogP contribution in [-0.4, -0.2) is 64.9 Å². The zero-order valence-corrected chi connectivity index (χ0v) is 43.5. The largest absolute Gasteiger partial charge is 0.480 e. The fraction of sp³-hybridized carbons (Fsp3) is 0.696. The molecule has 0 saturated carbocycles. The number of aliphatic carboxylic acids is 1. The van der Waals surface area contributed by atoms with Crippen LogP contribution in [0.2, 0.25) is 0 Å². The van der Waals surface area contributed by atoms with E-state index in [0.717, 1.165) is 96.3 Å². The molecular weight excluding hydrogens is 878 g/mol. The average Bonchev–Trinajstić information content (AvgIpc) is 3.32. The Balaban J connectivity index is 3.85. The van der Waals surface area contributed by atoms with Crippen LogP contribution in [0.3, 0.4) is 0 Å². The van der Waals surface area contributed by atoms with Crippen molar-refractivity contribution in [2.24, 2.45) is 0 Å². The Kier molecular flexibility index (Phi) is 47.6. The Morgan fingerprint density at radius 2 is 0.853 bits per heavy atom. The number of phosphoric ester groups is 1. The molecule has 0 heterocycles. The molecule has 0 bridgehead atoms. The average molecular weight is 974 g/mol. The van der Waals surface area contributed by atoms with Gasteiger partial charge in [-0.15, -0.1) is 0 Å². The van der Waals surface area contributed by atoms with Gasteiger partial charge in [0.1, 0.15) is 12.7 Å². The highest BCUT2D eigenvalue weighted by atomic mass is 31.2. The number of carbonyl (C=O) groups is 3. The molecule has 68 heavy (non-hydrogen) atoms. The SMILES string of the molecule is CC/C=C\C/C=C\C/C=C\C/C=C\C/C=C\CCCCCCCCCC(=O)OCC(O)COP(=O)(O)OCC(NC(=O)CCCCCCCCCCCCC/C=C\C/C=C\CCCCC)C(=O)O. The standard InChI is InChI=1S/C56H96NO10P/c1-3-5-7-9-11-13-15-17-19-21-23-25-26-28-30-32-34-36-38-40-42-44-46-48-55(60)65-49-52(58)50-66-68(63,64)67-51-53(56(61)62)57-54(59)47-45-43-41-39-37-35-33-31-29-27-24-22-20-18-16-14-12-10-8-6-4-2/h5,7,11-14,17-20,23,25,28,30,52-53,58H,3-4,6,8-10,15-16,21-22,24,26-27,29,31-51H2,1-2H3,(H,57,59)(H,61,62)(H,63,64)/b7-5-,13-11-,14-12-,19-17-,20-18-,25-23-,30-28-. The Hall–Kier alpha value is -3.34. The second-order valence-electron chi connectivity index (χ2n) is 17.7. The van der Waals surface area contributed by atoms with Crippen LogP contribution in [0.25, 0.3) is 0 Å². The van der Waals surface area contributed by atoms with Gasteiger partial charge in [0.15, 0.2) is 6.04 Å². The summed E-state index contributed by atoms with van der Waals surface area (Å²) in [6.45, 7) is 2.46. The quantitative estimate of drug-likeness (QED) is 0.0199. The number of unbranched alkanes of at least 4 members (excludes halogenated alkanes) is 21. The van der Waals surface area contributed by atoms with Gasteiger partial charge in [-0.1, -0.05) is 202 Å². The Morgan fingerprint density at radius 3 is 1.28 bits per heavy atom. The summed E-state index contributed by atoms with van der Waals surface area (Å²) in [7, 11) is -4.77. The predicted octanol–water partition coefficient (Wildman–Crippen LogP) is 15.0. The summed E-state index contributed by atoms with van der Waals surface area (Å²) < 4.78 is 27.0. The number of carboxylic acids is 1. The van der Waals surface area contributed by atoms with Gasteiger partial charge in [-0.2, -0.15) is 0 Å². The lowest BCUT2D eigenvalue weighted by Crippen LogP contribution is -2.43. The summed E-state index contributed by atoms with van der Waals surface area (Å²) in [6.07, 6.45) is 63.1. The molecule has 0 aromatic carbocycles. The van der Waals surface area contributed by atoms with E-state index in [4.69, 9.17) is 13.8 Å². The van der Waals surface area contributed by atoms with Crippen molar-refractivity contribution in [3.8, 4) is 0 Å². The minimum Gasteiger partial charge on any atom is -0.480 e. The van der Waals surface area contributed by atoms with E-state index in [2.05, 4.69) is 104 Å². The Labute approximate surface area is 413 Å². The van der Waals surface area contributed by atoms with Crippen LogP contribution in [0.15, 0.2) is 85.1 Å². The van der Waals surface area contributed by atoms with Crippen LogP contribution in [-0.2, 0) is 32.7 Å². The highest BCUT2D eigenvalue weighted by molar-refractivity contribution is 7.47. The first-order valence-corrected chi connectivity index (χ1v) is 28.1. The number of hydrogen-bond acceptors (Lipinski definition) is 8. The van der Waals surface area contributed by atoms with Gasteiger partial charge in [0.2, 0.25) is 5.91 Å². The van der Waals surface area contributed by atoms with Gasteiger partial charge < -0.3 is 25.2 Å². The molecule has 0 rings (SSSR count). The predicted molar refractivity (Wildman–Crippen MR) is 281 cm³/mol. The molecule has 0 fully saturated rings. The third kappa shape index (κ3) is 49.1. The van der Waals surface area contributed by atoms with Crippen LogP contribution in [0.1, 0.15) is 219 Å². The van der Waals surface area contributed by atoms with Crippen molar-refractivity contribution in [3.63, 3.8) is 0 Å². The summed E-state index contributed by atoms with van der Waals surface area (Å²) in [6, 6.07) is -1.55. The van der Waals surface area contributed by atoms with E-state index >= 15 is 0 Å². The zero-order chi connectivity index (χ0) is 49.9. The summed E-state index contributed by atoms with van der Waals surface area (Å²) in [5.74, 6) is -2.39. The number of ether oxygens (including phenoxy) is 1. The monoisotopic (exact) mass is 974 g/mol. The Morgan fingerprint density at radius 1 is 0.485 bits per heavy atom. The maximum Gasteiger partial charge on any atom is 0.472 e. The van der Waals surface area contributed by atoms with E-state index in [-0.39, 0.29) is 12.8 Å². The molecule has 0 spiro atoms. The summed E-state index contributed by atoms with van der Waals surface area (Å²) in [5, 5.41) is 22.0. The van der Waals surface area contributed by atoms with E-state index in [0.29, 0.717) is 12.8 Å². The number of carbonyl (C=O) groups excluding carboxylic acids is 2. The highest BCUT2D eigenvalue weighted by Crippen LogP contribution is 2.43. The first kappa shape index (κ1) is 64.7. The molecule has 11 nitrogen and oxygen atoms in total. The van der Waals surface area contributed by atoms with Crippen molar-refractivity contribution in [3.05, 3.63) is 85.1 Å². The smallest absolute Gasteiger partial charge is 0.472 e. The van der Waals surface area contributed by atoms with E-state index in [1.54, 1.807) is 0 Å². The molecule has 0 aromatic rings. The third-order valence-electron chi connectivity index (χ3n) is 11.2. The third-order valence-corrected chi connectivity index (χ3v) is 12.1. The highest BCUT2D eigenvalue weighted by Gasteiger charge is 2.28. The van der Waals surface area contributed by atoms with Gasteiger partial charge in [0.05, 0.1) is 13.2 Å². The van der Waals surface area contributed by atoms with Gasteiger partial charge in [-0.3, -0.25) is 18.6 Å². The number of phosphoric acid groups is 1. The fourth-order valence-corrected chi connectivity index (χ4v) is 7.85. The number of hydrogen-bond donors (Lipinski definition) is 4. The molecule has 3 atom stereocenters. The number of amides is 1. The van der Waals surface area contributed by atoms with Gasteiger partial charge in [0.25, 0.3) is 0 Å². The molecule has 4 N–H and O–H groups in total. The lowest BCUT2D eigenvalue weighted by atomic mass is 10.0. The molecule has 1 amide bonds. The van der Waals surface area contributed by atoms with Crippen molar-refractivity contribution >= 4 is 25.7 Å². The number of nitrogens with one attached hydrogen (secondary N) is 1. The summed E-state index contributed by atoms with van der Waals surface area (Å²) in [5.41, 5.74) is 0. The van der Waals surface area contributed by atoms with E-state index in [9.17, 15) is 34.1 Å². The molecule has 390 valence electrons. The number of carboxylic acid groups (broad SMARTS) is 1. The van der Waals surface area contributed by atoms with Crippen molar-refractivity contribution < 1.29 is 47.8 Å². The van der Waals surface area contributed by atoms with E-state index in [1.807, 2.05) is 0 Å². The van der Waals surface area contributed by atoms with E-state index in [1.165, 1.54) is 83.5 Å². The Bertz CT molecular complexity index is 1470. The van der Waals surface area contributed by atoms with Gasteiger partial charge in [-0.25, -0.2) is 9.36 Å². The van der Waals surface area contributed by atoms with Gasteiger partial charge in [0, 0.05) is 12.8 Å². The summed E-state index contributed by atoms with van der Waals surface area (Å²) in [4.78, 5) is 46.2. The van der Waals surface area contributed by atoms with Crippen molar-refractivity contribution in [2.45, 2.75) is 231 Å². The second kappa shape index (κ2) is 50.1. The molecule has 0 aliphatic rings. The van der Waals surface area contributed by atoms with Gasteiger partial charge in [-0.05, 0) is 89.9 Å². The van der Waals surface area contributed by atoms with Crippen LogP contribution in [0, 0.1) is 0 Å². The zero-order valence-electron chi connectivity index (χ0n) is 42.6. The van der Waals surface area contributed by atoms with Crippen molar-refractivity contribution in [2.75, 3.05) is 19.8 Å².